The Morgan fingerprint density at radius 3 is 1.84 bits per heavy atom. The number of halogens is 1. The van der Waals surface area contributed by atoms with Gasteiger partial charge in [0, 0.05) is 28.2 Å². The van der Waals surface area contributed by atoms with E-state index < -0.39 is 41.0 Å². The zero-order valence-corrected chi connectivity index (χ0v) is 23.8. The summed E-state index contributed by atoms with van der Waals surface area (Å²) in [5.74, 6) is -4.43. The van der Waals surface area contributed by atoms with Crippen molar-refractivity contribution in [2.45, 2.75) is 52.6 Å². The Bertz CT molecular complexity index is 1400. The van der Waals surface area contributed by atoms with E-state index in [-0.39, 0.29) is 6.42 Å². The normalized spacial score (nSPS) is 23.1. The van der Waals surface area contributed by atoms with Gasteiger partial charge in [-0.25, -0.2) is 0 Å². The third kappa shape index (κ3) is 5.74. The molecule has 0 aliphatic heterocycles. The molecule has 38 heavy (non-hydrogen) atoms. The monoisotopic (exact) mass is 576 g/mol. The number of amides is 2. The number of carbonyl (C=O) groups is 3. The van der Waals surface area contributed by atoms with Crippen molar-refractivity contribution in [1.29, 1.82) is 0 Å². The second kappa shape index (κ2) is 10.8. The van der Waals surface area contributed by atoms with Gasteiger partial charge in [-0.05, 0) is 75.6 Å². The third-order valence-electron chi connectivity index (χ3n) is 7.37. The smallest absolute Gasteiger partial charge is 0.235 e. The quantitative estimate of drug-likeness (QED) is 0.324. The molecule has 7 heteroatoms. The highest BCUT2D eigenvalue weighted by Gasteiger charge is 2.56. The van der Waals surface area contributed by atoms with Crippen LogP contribution in [0.25, 0.3) is 0 Å². The largest absolute Gasteiger partial charge is 0.389 e. The van der Waals surface area contributed by atoms with Crippen LogP contribution in [0, 0.1) is 39.5 Å². The Hall–Kier alpha value is -3.29. The van der Waals surface area contributed by atoms with E-state index in [2.05, 4.69) is 26.6 Å². The van der Waals surface area contributed by atoms with E-state index in [9.17, 15) is 19.5 Å². The molecule has 198 valence electrons. The van der Waals surface area contributed by atoms with Crippen LogP contribution in [0.2, 0.25) is 0 Å². The summed E-state index contributed by atoms with van der Waals surface area (Å²) < 4.78 is 0.822. The first-order valence-electron chi connectivity index (χ1n) is 12.6. The molecule has 0 aromatic heterocycles. The second-order valence-corrected chi connectivity index (χ2v) is 11.6. The van der Waals surface area contributed by atoms with Crippen LogP contribution in [0.5, 0.6) is 0 Å². The van der Waals surface area contributed by atoms with E-state index in [1.807, 2.05) is 64.1 Å². The standard InChI is InChI=1S/C31H33BrN2O4/c1-17-6-12-23(19(3)14-17)33-29(36)27-25(35)16-31(5,38)28(26(27)21-8-10-22(32)11-9-21)30(37)34-24-13-7-18(2)15-20(24)4/h6-15,26-28,38H,16H2,1-5H3,(H,33,36)(H,34,37). The van der Waals surface area contributed by atoms with Crippen molar-refractivity contribution in [2.75, 3.05) is 10.6 Å². The highest BCUT2D eigenvalue weighted by atomic mass is 79.9. The van der Waals surface area contributed by atoms with Crippen molar-refractivity contribution in [2.24, 2.45) is 11.8 Å². The highest BCUT2D eigenvalue weighted by molar-refractivity contribution is 9.10. The lowest BCUT2D eigenvalue weighted by Gasteiger charge is -2.44. The molecule has 1 fully saturated rings. The number of aliphatic hydroxyl groups is 1. The van der Waals surface area contributed by atoms with E-state index in [0.717, 1.165) is 26.7 Å². The summed E-state index contributed by atoms with van der Waals surface area (Å²) >= 11 is 3.43. The molecule has 3 aromatic carbocycles. The third-order valence-corrected chi connectivity index (χ3v) is 7.90. The van der Waals surface area contributed by atoms with Gasteiger partial charge in [0.1, 0.15) is 11.7 Å². The number of aryl methyl sites for hydroxylation is 4. The van der Waals surface area contributed by atoms with Gasteiger partial charge < -0.3 is 15.7 Å². The van der Waals surface area contributed by atoms with Gasteiger partial charge >= 0.3 is 0 Å². The number of Topliss-reactive ketones (excluding diaryl/α,β-unsaturated/α-hetero) is 1. The SMILES string of the molecule is Cc1ccc(NC(=O)C2C(=O)CC(C)(O)C(C(=O)Nc3ccc(C)cc3C)C2c2ccc(Br)cc2)c(C)c1. The van der Waals surface area contributed by atoms with Crippen molar-refractivity contribution in [3.8, 4) is 0 Å². The summed E-state index contributed by atoms with van der Waals surface area (Å²) in [5.41, 5.74) is 4.08. The number of carbonyl (C=O) groups excluding carboxylic acids is 3. The molecule has 4 unspecified atom stereocenters. The van der Waals surface area contributed by atoms with Crippen LogP contribution in [-0.2, 0) is 14.4 Å². The molecule has 0 spiro atoms. The van der Waals surface area contributed by atoms with Gasteiger partial charge in [-0.1, -0.05) is 63.5 Å². The fraction of sp³-hybridized carbons (Fsp3) is 0.323. The van der Waals surface area contributed by atoms with Gasteiger partial charge in [-0.2, -0.15) is 0 Å². The zero-order chi connectivity index (χ0) is 27.8. The van der Waals surface area contributed by atoms with Crippen molar-refractivity contribution in [1.82, 2.24) is 0 Å². The van der Waals surface area contributed by atoms with Gasteiger partial charge in [-0.15, -0.1) is 0 Å². The molecule has 2 amide bonds. The maximum absolute atomic E-state index is 13.9. The average molecular weight is 578 g/mol. The van der Waals surface area contributed by atoms with E-state index in [1.54, 1.807) is 24.3 Å². The molecule has 0 radical (unpaired) electrons. The van der Waals surface area contributed by atoms with E-state index >= 15 is 0 Å². The summed E-state index contributed by atoms with van der Waals surface area (Å²) in [6.45, 7) is 9.23. The van der Waals surface area contributed by atoms with Gasteiger partial charge in [0.05, 0.1) is 11.5 Å². The van der Waals surface area contributed by atoms with E-state index in [4.69, 9.17) is 0 Å². The number of rotatable bonds is 5. The van der Waals surface area contributed by atoms with Crippen LogP contribution < -0.4 is 10.6 Å². The van der Waals surface area contributed by atoms with Crippen molar-refractivity contribution in [3.63, 3.8) is 0 Å². The van der Waals surface area contributed by atoms with Gasteiger partial charge in [-0.3, -0.25) is 14.4 Å². The van der Waals surface area contributed by atoms with Crippen molar-refractivity contribution < 1.29 is 19.5 Å². The fourth-order valence-corrected chi connectivity index (χ4v) is 5.77. The average Bonchev–Trinajstić information content (AvgIpc) is 2.82. The highest BCUT2D eigenvalue weighted by Crippen LogP contribution is 2.47. The molecule has 1 aliphatic carbocycles. The summed E-state index contributed by atoms with van der Waals surface area (Å²) in [6, 6.07) is 18.5. The van der Waals surface area contributed by atoms with Crippen LogP contribution >= 0.6 is 15.9 Å². The number of anilines is 2. The summed E-state index contributed by atoms with van der Waals surface area (Å²) in [7, 11) is 0. The first-order chi connectivity index (χ1) is 17.9. The minimum Gasteiger partial charge on any atom is -0.389 e. The fourth-order valence-electron chi connectivity index (χ4n) is 5.51. The minimum absolute atomic E-state index is 0.310. The van der Waals surface area contributed by atoms with Crippen LogP contribution in [0.1, 0.15) is 47.1 Å². The molecule has 0 bridgehead atoms. The Balaban J connectivity index is 1.77. The molecule has 0 heterocycles. The van der Waals surface area contributed by atoms with Gasteiger partial charge in [0.2, 0.25) is 11.8 Å². The van der Waals surface area contributed by atoms with Crippen LogP contribution in [0.3, 0.4) is 0 Å². The van der Waals surface area contributed by atoms with Crippen molar-refractivity contribution in [3.05, 3.63) is 93.0 Å². The number of hydrogen-bond donors (Lipinski definition) is 3. The lowest BCUT2D eigenvalue weighted by molar-refractivity contribution is -0.150. The second-order valence-electron chi connectivity index (χ2n) is 10.6. The number of nitrogens with one attached hydrogen (secondary N) is 2. The molecular formula is C31H33BrN2O4. The maximum Gasteiger partial charge on any atom is 0.235 e. The summed E-state index contributed by atoms with van der Waals surface area (Å²) in [4.78, 5) is 41.1. The van der Waals surface area contributed by atoms with Crippen LogP contribution in [0.15, 0.2) is 65.1 Å². The number of ketones is 1. The number of hydrogen-bond acceptors (Lipinski definition) is 4. The van der Waals surface area contributed by atoms with Gasteiger partial charge in [0.15, 0.2) is 0 Å². The Morgan fingerprint density at radius 2 is 1.34 bits per heavy atom. The lowest BCUT2D eigenvalue weighted by atomic mass is 9.61. The molecule has 4 rings (SSSR count). The molecular weight excluding hydrogens is 544 g/mol. The topological polar surface area (TPSA) is 95.5 Å². The first kappa shape index (κ1) is 27.7. The van der Waals surface area contributed by atoms with Gasteiger partial charge in [0.25, 0.3) is 0 Å². The van der Waals surface area contributed by atoms with Crippen molar-refractivity contribution >= 4 is 44.9 Å². The molecule has 0 saturated heterocycles. The molecule has 3 aromatic rings. The molecule has 1 aliphatic rings. The van der Waals surface area contributed by atoms with E-state index in [1.165, 1.54) is 6.92 Å². The number of benzene rings is 3. The minimum atomic E-state index is -1.66. The lowest BCUT2D eigenvalue weighted by Crippen LogP contribution is -2.56. The predicted molar refractivity (Wildman–Crippen MR) is 153 cm³/mol. The maximum atomic E-state index is 13.9. The molecule has 4 atom stereocenters. The van der Waals surface area contributed by atoms with Crippen LogP contribution in [-0.4, -0.2) is 28.3 Å². The van der Waals surface area contributed by atoms with E-state index in [0.29, 0.717) is 16.9 Å². The Labute approximate surface area is 232 Å². The predicted octanol–water partition coefficient (Wildman–Crippen LogP) is 6.00. The zero-order valence-electron chi connectivity index (χ0n) is 22.3. The summed E-state index contributed by atoms with van der Waals surface area (Å²) in [5, 5.41) is 17.4. The molecule has 1 saturated carbocycles. The molecule has 3 N–H and O–H groups in total. The Kier molecular flexibility index (Phi) is 7.90. The summed E-state index contributed by atoms with van der Waals surface area (Å²) in [6.07, 6.45) is -0.310. The Morgan fingerprint density at radius 1 is 0.842 bits per heavy atom. The first-order valence-corrected chi connectivity index (χ1v) is 13.4. The molecule has 6 nitrogen and oxygen atoms in total. The van der Waals surface area contributed by atoms with Crippen LogP contribution in [0.4, 0.5) is 11.4 Å².